The number of likely N-dealkylation sites (N-methyl/N-ethyl adjacent to an activating group) is 1. The van der Waals surface area contributed by atoms with Crippen LogP contribution < -0.4 is 0 Å². The van der Waals surface area contributed by atoms with Crippen LogP contribution in [0, 0.1) is 0 Å². The molecule has 1 aromatic rings. The second kappa shape index (κ2) is 8.06. The summed E-state index contributed by atoms with van der Waals surface area (Å²) in [6.07, 6.45) is 1.88. The molecule has 1 atom stereocenters. The van der Waals surface area contributed by atoms with Crippen molar-refractivity contribution in [3.05, 3.63) is 35.4 Å². The Morgan fingerprint density at radius 2 is 1.86 bits per heavy atom. The Morgan fingerprint density at radius 3 is 2.45 bits per heavy atom. The van der Waals surface area contributed by atoms with Crippen LogP contribution in [0.1, 0.15) is 31.4 Å². The lowest BCUT2D eigenvalue weighted by Gasteiger charge is -2.27. The van der Waals surface area contributed by atoms with Crippen molar-refractivity contribution in [1.82, 2.24) is 4.90 Å². The molecule has 1 N–H and O–H groups in total. The summed E-state index contributed by atoms with van der Waals surface area (Å²) in [4.78, 5) is 2.27. The number of benzene rings is 1. The summed E-state index contributed by atoms with van der Waals surface area (Å²) in [7, 11) is 2.11. The van der Waals surface area contributed by atoms with E-state index < -0.39 is 5.60 Å². The Balaban J connectivity index is 1.77. The highest BCUT2D eigenvalue weighted by molar-refractivity contribution is 5.22. The molecule has 2 rings (SSSR count). The molecule has 0 aliphatic carbocycles. The van der Waals surface area contributed by atoms with Crippen LogP contribution in [0.15, 0.2) is 24.3 Å². The topological polar surface area (TPSA) is 41.9 Å². The molecule has 1 aliphatic rings. The van der Waals surface area contributed by atoms with Crippen molar-refractivity contribution >= 4 is 0 Å². The van der Waals surface area contributed by atoms with E-state index >= 15 is 0 Å². The SMILES string of the molecule is CN(Cc1ccc(CCC(C)(C)O)cc1)C[C@@H]1COCCO1. The van der Waals surface area contributed by atoms with Gasteiger partial charge in [-0.2, -0.15) is 0 Å². The fraction of sp³-hybridized carbons (Fsp3) is 0.667. The van der Waals surface area contributed by atoms with Gasteiger partial charge in [-0.05, 0) is 44.9 Å². The Bertz CT molecular complexity index is 433. The lowest BCUT2D eigenvalue weighted by molar-refractivity contribution is -0.0962. The molecule has 1 saturated heterocycles. The number of hydrogen-bond acceptors (Lipinski definition) is 4. The molecule has 4 nitrogen and oxygen atoms in total. The quantitative estimate of drug-likeness (QED) is 0.839. The van der Waals surface area contributed by atoms with Gasteiger partial charge in [0.05, 0.1) is 31.5 Å². The minimum absolute atomic E-state index is 0.185. The summed E-state index contributed by atoms with van der Waals surface area (Å²) in [5, 5.41) is 9.78. The third kappa shape index (κ3) is 6.44. The molecule has 1 fully saturated rings. The first kappa shape index (κ1) is 17.4. The van der Waals surface area contributed by atoms with E-state index in [9.17, 15) is 5.11 Å². The number of aryl methyl sites for hydroxylation is 1. The fourth-order valence-corrected chi connectivity index (χ4v) is 2.63. The monoisotopic (exact) mass is 307 g/mol. The summed E-state index contributed by atoms with van der Waals surface area (Å²) >= 11 is 0. The molecule has 0 radical (unpaired) electrons. The first-order valence-electron chi connectivity index (χ1n) is 8.10. The molecule has 0 bridgehead atoms. The Labute approximate surface area is 134 Å². The molecule has 22 heavy (non-hydrogen) atoms. The summed E-state index contributed by atoms with van der Waals surface area (Å²) in [6.45, 7) is 7.62. The molecule has 0 saturated carbocycles. The smallest absolute Gasteiger partial charge is 0.0936 e. The lowest BCUT2D eigenvalue weighted by atomic mass is 9.98. The molecule has 0 unspecified atom stereocenters. The second-order valence-corrected chi connectivity index (χ2v) is 6.89. The summed E-state index contributed by atoms with van der Waals surface area (Å²) in [5.74, 6) is 0. The van der Waals surface area contributed by atoms with Gasteiger partial charge in [0.15, 0.2) is 0 Å². The van der Waals surface area contributed by atoms with E-state index in [-0.39, 0.29) is 6.10 Å². The number of rotatable bonds is 7. The van der Waals surface area contributed by atoms with Crippen molar-refractivity contribution in [1.29, 1.82) is 0 Å². The maximum Gasteiger partial charge on any atom is 0.0936 e. The zero-order valence-corrected chi connectivity index (χ0v) is 14.0. The van der Waals surface area contributed by atoms with Gasteiger partial charge in [-0.15, -0.1) is 0 Å². The van der Waals surface area contributed by atoms with Gasteiger partial charge in [0.2, 0.25) is 0 Å². The van der Waals surface area contributed by atoms with E-state index in [4.69, 9.17) is 9.47 Å². The summed E-state index contributed by atoms with van der Waals surface area (Å²) in [5.41, 5.74) is 1.98. The first-order valence-corrected chi connectivity index (χ1v) is 8.10. The first-order chi connectivity index (χ1) is 10.4. The van der Waals surface area contributed by atoms with Crippen LogP contribution in [0.3, 0.4) is 0 Å². The number of hydrogen-bond donors (Lipinski definition) is 1. The minimum atomic E-state index is -0.596. The van der Waals surface area contributed by atoms with Gasteiger partial charge in [0.1, 0.15) is 0 Å². The van der Waals surface area contributed by atoms with Crippen LogP contribution in [0.4, 0.5) is 0 Å². The van der Waals surface area contributed by atoms with Gasteiger partial charge < -0.3 is 14.6 Å². The van der Waals surface area contributed by atoms with Gasteiger partial charge >= 0.3 is 0 Å². The number of aliphatic hydroxyl groups is 1. The summed E-state index contributed by atoms with van der Waals surface area (Å²) in [6, 6.07) is 8.67. The van der Waals surface area contributed by atoms with E-state index in [0.29, 0.717) is 19.8 Å². The molecule has 0 aromatic heterocycles. The van der Waals surface area contributed by atoms with Crippen molar-refractivity contribution in [2.24, 2.45) is 0 Å². The van der Waals surface area contributed by atoms with Crippen molar-refractivity contribution in [3.8, 4) is 0 Å². The van der Waals surface area contributed by atoms with Gasteiger partial charge in [-0.25, -0.2) is 0 Å². The van der Waals surface area contributed by atoms with Gasteiger partial charge in [0.25, 0.3) is 0 Å². The number of ether oxygens (including phenoxy) is 2. The molecular formula is C18H29NO3. The van der Waals surface area contributed by atoms with Crippen LogP contribution in [0.5, 0.6) is 0 Å². The van der Waals surface area contributed by atoms with Crippen LogP contribution in [0.25, 0.3) is 0 Å². The largest absolute Gasteiger partial charge is 0.390 e. The van der Waals surface area contributed by atoms with E-state index in [1.165, 1.54) is 11.1 Å². The predicted molar refractivity (Wildman–Crippen MR) is 88.0 cm³/mol. The average molecular weight is 307 g/mol. The van der Waals surface area contributed by atoms with Gasteiger partial charge in [-0.3, -0.25) is 4.90 Å². The van der Waals surface area contributed by atoms with Crippen molar-refractivity contribution < 1.29 is 14.6 Å². The molecule has 0 spiro atoms. The summed E-state index contributed by atoms with van der Waals surface area (Å²) < 4.78 is 11.1. The maximum atomic E-state index is 9.78. The van der Waals surface area contributed by atoms with Crippen molar-refractivity contribution in [2.75, 3.05) is 33.4 Å². The zero-order valence-electron chi connectivity index (χ0n) is 14.0. The zero-order chi connectivity index (χ0) is 16.0. The molecule has 124 valence electrons. The van der Waals surface area contributed by atoms with Crippen LogP contribution in [-0.2, 0) is 22.4 Å². The minimum Gasteiger partial charge on any atom is -0.390 e. The van der Waals surface area contributed by atoms with E-state index in [2.05, 4.69) is 36.2 Å². The lowest BCUT2D eigenvalue weighted by Crippen LogP contribution is -2.38. The van der Waals surface area contributed by atoms with E-state index in [1.807, 2.05) is 13.8 Å². The molecule has 4 heteroatoms. The van der Waals surface area contributed by atoms with Gasteiger partial charge in [0, 0.05) is 13.1 Å². The normalized spacial score (nSPS) is 19.6. The molecular weight excluding hydrogens is 278 g/mol. The van der Waals surface area contributed by atoms with E-state index in [1.54, 1.807) is 0 Å². The third-order valence-electron chi connectivity index (χ3n) is 3.90. The third-order valence-corrected chi connectivity index (χ3v) is 3.90. The average Bonchev–Trinajstić information content (AvgIpc) is 2.47. The highest BCUT2D eigenvalue weighted by Gasteiger charge is 2.16. The van der Waals surface area contributed by atoms with Crippen LogP contribution >= 0.6 is 0 Å². The molecule has 0 amide bonds. The standard InChI is InChI=1S/C18H29NO3/c1-18(2,20)9-8-15-4-6-16(7-5-15)12-19(3)13-17-14-21-10-11-22-17/h4-7,17,20H,8-14H2,1-3H3/t17-/m1/s1. The Hall–Kier alpha value is -0.940. The molecule has 1 aliphatic heterocycles. The fourth-order valence-electron chi connectivity index (χ4n) is 2.63. The van der Waals surface area contributed by atoms with Crippen LogP contribution in [-0.4, -0.2) is 55.1 Å². The van der Waals surface area contributed by atoms with Gasteiger partial charge in [-0.1, -0.05) is 24.3 Å². The van der Waals surface area contributed by atoms with Crippen molar-refractivity contribution in [3.63, 3.8) is 0 Å². The highest BCUT2D eigenvalue weighted by atomic mass is 16.6. The van der Waals surface area contributed by atoms with Crippen LogP contribution in [0.2, 0.25) is 0 Å². The van der Waals surface area contributed by atoms with E-state index in [0.717, 1.165) is 25.9 Å². The second-order valence-electron chi connectivity index (χ2n) is 6.89. The molecule has 1 aromatic carbocycles. The van der Waals surface area contributed by atoms with Crippen molar-refractivity contribution in [2.45, 2.75) is 44.9 Å². The Morgan fingerprint density at radius 1 is 1.18 bits per heavy atom. The number of nitrogens with zero attached hydrogens (tertiary/aromatic N) is 1. The highest BCUT2D eigenvalue weighted by Crippen LogP contribution is 2.14. The predicted octanol–water partition coefficient (Wildman–Crippen LogP) is 2.24. The molecule has 1 heterocycles. The Kier molecular flexibility index (Phi) is 6.38. The maximum absolute atomic E-state index is 9.78.